The van der Waals surface area contributed by atoms with Crippen LogP contribution < -0.4 is 19.7 Å². The topological polar surface area (TPSA) is 60.0 Å². The minimum atomic E-state index is -0.495. The van der Waals surface area contributed by atoms with Gasteiger partial charge in [-0.1, -0.05) is 0 Å². The Labute approximate surface area is 151 Å². The zero-order chi connectivity index (χ0) is 18.5. The molecule has 2 aromatic rings. The monoisotopic (exact) mass is 360 g/mol. The van der Waals surface area contributed by atoms with E-state index in [1.54, 1.807) is 30.3 Å². The Balaban J connectivity index is 1.82. The summed E-state index contributed by atoms with van der Waals surface area (Å²) >= 11 is 0. The number of amides is 1. The first-order chi connectivity index (χ1) is 12.6. The molecule has 1 heterocycles. The van der Waals surface area contributed by atoms with Gasteiger partial charge in [0.1, 0.15) is 17.3 Å². The quantitative estimate of drug-likeness (QED) is 0.888. The Kier molecular flexibility index (Phi) is 5.58. The second-order valence-corrected chi connectivity index (χ2v) is 5.82. The highest BCUT2D eigenvalue weighted by Crippen LogP contribution is 2.26. The van der Waals surface area contributed by atoms with Crippen molar-refractivity contribution in [1.82, 2.24) is 0 Å². The van der Waals surface area contributed by atoms with E-state index in [2.05, 4.69) is 10.2 Å². The van der Waals surface area contributed by atoms with Crippen molar-refractivity contribution in [3.05, 3.63) is 47.8 Å². The summed E-state index contributed by atoms with van der Waals surface area (Å²) in [4.78, 5) is 14.7. The van der Waals surface area contributed by atoms with Gasteiger partial charge in [0.05, 0.1) is 33.1 Å². The summed E-state index contributed by atoms with van der Waals surface area (Å²) < 4.78 is 29.9. The summed E-state index contributed by atoms with van der Waals surface area (Å²) in [5, 5.41) is 2.63. The zero-order valence-electron chi connectivity index (χ0n) is 14.8. The van der Waals surface area contributed by atoms with E-state index in [1.165, 1.54) is 20.3 Å². The zero-order valence-corrected chi connectivity index (χ0v) is 14.8. The van der Waals surface area contributed by atoms with Gasteiger partial charge < -0.3 is 24.4 Å². The predicted octanol–water partition coefficient (Wildman–Crippen LogP) is 2.93. The maximum atomic E-state index is 14.2. The number of carbonyl (C=O) groups excluding carboxylic acids is 1. The van der Waals surface area contributed by atoms with Gasteiger partial charge in [-0.15, -0.1) is 0 Å². The van der Waals surface area contributed by atoms with Crippen LogP contribution in [-0.4, -0.2) is 46.4 Å². The lowest BCUT2D eigenvalue weighted by molar-refractivity contribution is 0.102. The average molecular weight is 360 g/mol. The lowest BCUT2D eigenvalue weighted by Crippen LogP contribution is -2.36. The Morgan fingerprint density at radius 2 is 1.73 bits per heavy atom. The van der Waals surface area contributed by atoms with Crippen molar-refractivity contribution in [2.45, 2.75) is 0 Å². The molecule has 1 saturated heterocycles. The number of morpholine rings is 1. The van der Waals surface area contributed by atoms with E-state index in [4.69, 9.17) is 14.2 Å². The van der Waals surface area contributed by atoms with Crippen LogP contribution in [0.15, 0.2) is 36.4 Å². The van der Waals surface area contributed by atoms with Crippen molar-refractivity contribution < 1.29 is 23.4 Å². The van der Waals surface area contributed by atoms with Crippen LogP contribution in [-0.2, 0) is 4.74 Å². The molecule has 0 aliphatic carbocycles. The van der Waals surface area contributed by atoms with Gasteiger partial charge in [-0.3, -0.25) is 4.79 Å². The molecule has 26 heavy (non-hydrogen) atoms. The molecular weight excluding hydrogens is 339 g/mol. The van der Waals surface area contributed by atoms with Crippen molar-refractivity contribution >= 4 is 17.3 Å². The van der Waals surface area contributed by atoms with Crippen molar-refractivity contribution in [2.24, 2.45) is 0 Å². The third kappa shape index (κ3) is 4.05. The molecule has 1 aliphatic rings. The second kappa shape index (κ2) is 8.05. The van der Waals surface area contributed by atoms with E-state index in [1.807, 2.05) is 0 Å². The lowest BCUT2D eigenvalue weighted by Gasteiger charge is -2.29. The number of hydrogen-bond donors (Lipinski definition) is 1. The van der Waals surface area contributed by atoms with Crippen LogP contribution >= 0.6 is 0 Å². The highest BCUT2D eigenvalue weighted by atomic mass is 19.1. The number of methoxy groups -OCH3 is 2. The van der Waals surface area contributed by atoms with E-state index < -0.39 is 11.7 Å². The van der Waals surface area contributed by atoms with Gasteiger partial charge in [-0.2, -0.15) is 0 Å². The molecule has 2 aromatic carbocycles. The summed E-state index contributed by atoms with van der Waals surface area (Å²) in [6.07, 6.45) is 0. The minimum absolute atomic E-state index is 0.126. The normalized spacial score (nSPS) is 14.0. The Morgan fingerprint density at radius 1 is 1.08 bits per heavy atom. The summed E-state index contributed by atoms with van der Waals surface area (Å²) in [5.74, 6) is 0.0273. The van der Waals surface area contributed by atoms with Crippen LogP contribution in [0.3, 0.4) is 0 Å². The maximum absolute atomic E-state index is 14.2. The number of benzene rings is 2. The van der Waals surface area contributed by atoms with Gasteiger partial charge >= 0.3 is 0 Å². The third-order valence-electron chi connectivity index (χ3n) is 4.19. The van der Waals surface area contributed by atoms with Crippen molar-refractivity contribution in [2.75, 3.05) is 50.7 Å². The minimum Gasteiger partial charge on any atom is -0.497 e. The molecule has 3 rings (SSSR count). The summed E-state index contributed by atoms with van der Waals surface area (Å²) in [6.45, 7) is 2.71. The molecule has 138 valence electrons. The number of carbonyl (C=O) groups is 1. The van der Waals surface area contributed by atoms with Gasteiger partial charge in [0.2, 0.25) is 0 Å². The SMILES string of the molecule is COc1cc(OC)cc(C(=O)Nc2cc(N3CCOCC3)ccc2F)c1. The summed E-state index contributed by atoms with van der Waals surface area (Å²) in [5.41, 5.74) is 1.28. The largest absolute Gasteiger partial charge is 0.497 e. The standard InChI is InChI=1S/C19H21FN2O4/c1-24-15-9-13(10-16(12-15)25-2)19(23)21-18-11-14(3-4-17(18)20)22-5-7-26-8-6-22/h3-4,9-12H,5-8H2,1-2H3,(H,21,23). The third-order valence-corrected chi connectivity index (χ3v) is 4.19. The van der Waals surface area contributed by atoms with E-state index in [9.17, 15) is 9.18 Å². The van der Waals surface area contributed by atoms with E-state index in [0.717, 1.165) is 18.8 Å². The van der Waals surface area contributed by atoms with Crippen LogP contribution in [0.5, 0.6) is 11.5 Å². The molecule has 0 unspecified atom stereocenters. The number of anilines is 2. The molecule has 0 radical (unpaired) electrons. The van der Waals surface area contributed by atoms with E-state index in [-0.39, 0.29) is 5.69 Å². The van der Waals surface area contributed by atoms with Gasteiger partial charge in [0.25, 0.3) is 5.91 Å². The number of rotatable bonds is 5. The van der Waals surface area contributed by atoms with Crippen LogP contribution in [0, 0.1) is 5.82 Å². The molecule has 0 bridgehead atoms. The van der Waals surface area contributed by atoms with Crippen LogP contribution in [0.1, 0.15) is 10.4 Å². The first-order valence-corrected chi connectivity index (χ1v) is 8.27. The molecule has 0 saturated carbocycles. The molecule has 1 aliphatic heterocycles. The Hall–Kier alpha value is -2.80. The van der Waals surface area contributed by atoms with Gasteiger partial charge in [0.15, 0.2) is 0 Å². The average Bonchev–Trinajstić information content (AvgIpc) is 2.69. The highest BCUT2D eigenvalue weighted by Gasteiger charge is 2.16. The molecular formula is C19H21FN2O4. The summed E-state index contributed by atoms with van der Waals surface area (Å²) in [6, 6.07) is 9.49. The summed E-state index contributed by atoms with van der Waals surface area (Å²) in [7, 11) is 3.00. The van der Waals surface area contributed by atoms with Crippen molar-refractivity contribution in [3.8, 4) is 11.5 Å². The number of hydrogen-bond acceptors (Lipinski definition) is 5. The van der Waals surface area contributed by atoms with Gasteiger partial charge in [-0.05, 0) is 30.3 Å². The van der Waals surface area contributed by atoms with Crippen LogP contribution in [0.2, 0.25) is 0 Å². The van der Waals surface area contributed by atoms with Crippen LogP contribution in [0.25, 0.3) is 0 Å². The molecule has 7 heteroatoms. The molecule has 0 aromatic heterocycles. The van der Waals surface area contributed by atoms with Crippen molar-refractivity contribution in [1.29, 1.82) is 0 Å². The number of nitrogens with one attached hydrogen (secondary N) is 1. The fourth-order valence-electron chi connectivity index (χ4n) is 2.76. The maximum Gasteiger partial charge on any atom is 0.256 e. The fraction of sp³-hybridized carbons (Fsp3) is 0.316. The fourth-order valence-corrected chi connectivity index (χ4v) is 2.76. The Bertz CT molecular complexity index is 769. The molecule has 6 nitrogen and oxygen atoms in total. The van der Waals surface area contributed by atoms with Crippen LogP contribution in [0.4, 0.5) is 15.8 Å². The highest BCUT2D eigenvalue weighted by molar-refractivity contribution is 6.05. The Morgan fingerprint density at radius 3 is 2.35 bits per heavy atom. The number of ether oxygens (including phenoxy) is 3. The first kappa shape index (κ1) is 18.0. The molecule has 0 spiro atoms. The first-order valence-electron chi connectivity index (χ1n) is 8.27. The second-order valence-electron chi connectivity index (χ2n) is 5.82. The molecule has 1 amide bonds. The smallest absolute Gasteiger partial charge is 0.256 e. The lowest BCUT2D eigenvalue weighted by atomic mass is 10.1. The van der Waals surface area contributed by atoms with E-state index >= 15 is 0 Å². The van der Waals surface area contributed by atoms with Gasteiger partial charge in [0, 0.05) is 30.4 Å². The molecule has 1 fully saturated rings. The molecule has 1 N–H and O–H groups in total. The molecule has 0 atom stereocenters. The van der Waals surface area contributed by atoms with E-state index in [0.29, 0.717) is 30.3 Å². The number of halogens is 1. The van der Waals surface area contributed by atoms with Crippen molar-refractivity contribution in [3.63, 3.8) is 0 Å². The predicted molar refractivity (Wildman–Crippen MR) is 96.9 cm³/mol. The number of nitrogens with zero attached hydrogens (tertiary/aromatic N) is 1. The van der Waals surface area contributed by atoms with Gasteiger partial charge in [-0.25, -0.2) is 4.39 Å².